The highest BCUT2D eigenvalue weighted by Crippen LogP contribution is 2.23. The second-order valence-corrected chi connectivity index (χ2v) is 12.5. The van der Waals surface area contributed by atoms with Crippen molar-refractivity contribution in [1.82, 2.24) is 10.2 Å². The number of amides is 2. The molecule has 1 atom stereocenters. The third-order valence-corrected chi connectivity index (χ3v) is 7.87. The predicted octanol–water partition coefficient (Wildman–Crippen LogP) is 5.06. The van der Waals surface area contributed by atoms with Gasteiger partial charge in [0.15, 0.2) is 0 Å². The highest BCUT2D eigenvalue weighted by Gasteiger charge is 2.31. The standard InChI is InChI=1S/C31H38ClN3O5S/c1-23(2)33-31(37)29(20-24-11-6-5-7-12-24)34(22-25-13-8-16-28(19-25)40-3)30(36)17-10-18-35(41(4,38)39)27-15-9-14-26(32)21-27/h5-9,11-16,19,21,23,29H,10,17-18,20,22H2,1-4H3,(H,33,37)/t29-/m1/s1. The minimum atomic E-state index is -3.62. The van der Waals surface area contributed by atoms with Crippen molar-refractivity contribution in [3.05, 3.63) is 95.0 Å². The number of hydrogen-bond acceptors (Lipinski definition) is 5. The molecule has 0 aromatic heterocycles. The van der Waals surface area contributed by atoms with Crippen LogP contribution in [0.5, 0.6) is 5.75 Å². The molecule has 10 heteroatoms. The summed E-state index contributed by atoms with van der Waals surface area (Å²) < 4.78 is 31.8. The van der Waals surface area contributed by atoms with Crippen molar-refractivity contribution in [2.24, 2.45) is 0 Å². The second-order valence-electron chi connectivity index (χ2n) is 10.2. The number of halogens is 1. The Labute approximate surface area is 248 Å². The van der Waals surface area contributed by atoms with E-state index >= 15 is 0 Å². The summed E-state index contributed by atoms with van der Waals surface area (Å²) in [6.07, 6.45) is 1.73. The number of rotatable bonds is 14. The average Bonchev–Trinajstić information content (AvgIpc) is 2.92. The molecule has 3 aromatic rings. The molecule has 0 aliphatic heterocycles. The van der Waals surface area contributed by atoms with Crippen molar-refractivity contribution in [1.29, 1.82) is 0 Å². The molecule has 0 heterocycles. The first-order chi connectivity index (χ1) is 19.5. The molecule has 220 valence electrons. The molecule has 0 aliphatic carbocycles. The number of sulfonamides is 1. The third-order valence-electron chi connectivity index (χ3n) is 6.44. The number of ether oxygens (including phenoxy) is 1. The van der Waals surface area contributed by atoms with Gasteiger partial charge >= 0.3 is 0 Å². The third kappa shape index (κ3) is 9.79. The second kappa shape index (κ2) is 14.9. The van der Waals surface area contributed by atoms with E-state index in [1.165, 1.54) is 4.31 Å². The van der Waals surface area contributed by atoms with Crippen LogP contribution in [-0.2, 0) is 32.6 Å². The summed E-state index contributed by atoms with van der Waals surface area (Å²) >= 11 is 6.10. The Morgan fingerprint density at radius 1 is 0.951 bits per heavy atom. The number of carbonyl (C=O) groups excluding carboxylic acids is 2. The number of carbonyl (C=O) groups is 2. The molecule has 41 heavy (non-hydrogen) atoms. The molecular weight excluding hydrogens is 562 g/mol. The van der Waals surface area contributed by atoms with E-state index in [-0.39, 0.29) is 43.8 Å². The van der Waals surface area contributed by atoms with Gasteiger partial charge in [-0.2, -0.15) is 0 Å². The molecule has 8 nitrogen and oxygen atoms in total. The molecule has 0 fully saturated rings. The quantitative estimate of drug-likeness (QED) is 0.279. The summed E-state index contributed by atoms with van der Waals surface area (Å²) in [4.78, 5) is 29.0. The maximum atomic E-state index is 13.9. The molecule has 3 aromatic carbocycles. The Morgan fingerprint density at radius 3 is 2.27 bits per heavy atom. The number of nitrogens with zero attached hydrogens (tertiary/aromatic N) is 2. The van der Waals surface area contributed by atoms with E-state index < -0.39 is 16.1 Å². The first kappa shape index (κ1) is 32.0. The molecular formula is C31H38ClN3O5S. The van der Waals surface area contributed by atoms with Crippen molar-refractivity contribution in [2.45, 2.75) is 51.7 Å². The van der Waals surface area contributed by atoms with Gasteiger partial charge in [0.25, 0.3) is 0 Å². The van der Waals surface area contributed by atoms with Crippen molar-refractivity contribution in [2.75, 3.05) is 24.2 Å². The van der Waals surface area contributed by atoms with Gasteiger partial charge in [-0.15, -0.1) is 0 Å². The Hall–Kier alpha value is -3.56. The highest BCUT2D eigenvalue weighted by molar-refractivity contribution is 7.92. The minimum absolute atomic E-state index is 0.0385. The summed E-state index contributed by atoms with van der Waals surface area (Å²) in [5, 5.41) is 3.38. The van der Waals surface area contributed by atoms with E-state index in [2.05, 4.69) is 5.32 Å². The van der Waals surface area contributed by atoms with Crippen molar-refractivity contribution in [3.8, 4) is 5.75 Å². The molecule has 1 N–H and O–H groups in total. The maximum absolute atomic E-state index is 13.9. The lowest BCUT2D eigenvalue weighted by Crippen LogP contribution is -2.51. The fraction of sp³-hybridized carbons (Fsp3) is 0.355. The van der Waals surface area contributed by atoms with Gasteiger partial charge in [-0.25, -0.2) is 8.42 Å². The van der Waals surface area contributed by atoms with Gasteiger partial charge in [0.05, 0.1) is 19.1 Å². The molecule has 0 radical (unpaired) electrons. The zero-order valence-electron chi connectivity index (χ0n) is 23.9. The maximum Gasteiger partial charge on any atom is 0.243 e. The fourth-order valence-electron chi connectivity index (χ4n) is 4.54. The summed E-state index contributed by atoms with van der Waals surface area (Å²) in [5.41, 5.74) is 2.16. The lowest BCUT2D eigenvalue weighted by molar-refractivity contribution is -0.141. The first-order valence-electron chi connectivity index (χ1n) is 13.5. The van der Waals surface area contributed by atoms with Crippen LogP contribution >= 0.6 is 11.6 Å². The number of nitrogens with one attached hydrogen (secondary N) is 1. The van der Waals surface area contributed by atoms with Gasteiger partial charge in [0.1, 0.15) is 11.8 Å². The fourth-order valence-corrected chi connectivity index (χ4v) is 5.68. The summed E-state index contributed by atoms with van der Waals surface area (Å²) in [6.45, 7) is 4.02. The molecule has 3 rings (SSSR count). The van der Waals surface area contributed by atoms with E-state index in [4.69, 9.17) is 16.3 Å². The van der Waals surface area contributed by atoms with Crippen LogP contribution in [0.2, 0.25) is 5.02 Å². The van der Waals surface area contributed by atoms with E-state index in [9.17, 15) is 18.0 Å². The SMILES string of the molecule is COc1cccc(CN(C(=O)CCCN(c2cccc(Cl)c2)S(C)(=O)=O)[C@H](Cc2ccccc2)C(=O)NC(C)C)c1. The van der Waals surface area contributed by atoms with Gasteiger partial charge in [0.2, 0.25) is 21.8 Å². The lowest BCUT2D eigenvalue weighted by Gasteiger charge is -2.32. The van der Waals surface area contributed by atoms with Gasteiger partial charge in [-0.3, -0.25) is 13.9 Å². The Bertz CT molecular complexity index is 1420. The lowest BCUT2D eigenvalue weighted by atomic mass is 10.0. The number of methoxy groups -OCH3 is 1. The predicted molar refractivity (Wildman–Crippen MR) is 164 cm³/mol. The molecule has 0 saturated carbocycles. The van der Waals surface area contributed by atoms with Gasteiger partial charge in [-0.05, 0) is 61.7 Å². The van der Waals surface area contributed by atoms with Crippen LogP contribution in [-0.4, -0.2) is 57.1 Å². The normalized spacial score (nSPS) is 12.0. The molecule has 2 amide bonds. The van der Waals surface area contributed by atoms with Crippen molar-refractivity contribution < 1.29 is 22.7 Å². The van der Waals surface area contributed by atoms with Crippen molar-refractivity contribution in [3.63, 3.8) is 0 Å². The molecule has 0 bridgehead atoms. The zero-order valence-corrected chi connectivity index (χ0v) is 25.5. The van der Waals surface area contributed by atoms with Crippen LogP contribution in [0.15, 0.2) is 78.9 Å². The Balaban J connectivity index is 1.90. The zero-order chi connectivity index (χ0) is 30.0. The topological polar surface area (TPSA) is 96.0 Å². The van der Waals surface area contributed by atoms with Gasteiger partial charge in [0, 0.05) is 37.0 Å². The monoisotopic (exact) mass is 599 g/mol. The molecule has 0 aliphatic rings. The summed E-state index contributed by atoms with van der Waals surface area (Å²) in [5.74, 6) is 0.135. The molecule has 0 unspecified atom stereocenters. The van der Waals surface area contributed by atoms with Crippen molar-refractivity contribution >= 4 is 39.1 Å². The van der Waals surface area contributed by atoms with E-state index in [1.54, 1.807) is 36.3 Å². The van der Waals surface area contributed by atoms with Crippen LogP contribution < -0.4 is 14.4 Å². The average molecular weight is 600 g/mol. The smallest absolute Gasteiger partial charge is 0.243 e. The number of hydrogen-bond donors (Lipinski definition) is 1. The minimum Gasteiger partial charge on any atom is -0.497 e. The molecule has 0 saturated heterocycles. The number of benzene rings is 3. The Kier molecular flexibility index (Phi) is 11.6. The summed E-state index contributed by atoms with van der Waals surface area (Å²) in [7, 11) is -2.05. The van der Waals surface area contributed by atoms with Gasteiger partial charge in [-0.1, -0.05) is 60.1 Å². The van der Waals surface area contributed by atoms with Crippen LogP contribution in [0.25, 0.3) is 0 Å². The number of anilines is 1. The van der Waals surface area contributed by atoms with E-state index in [0.29, 0.717) is 22.9 Å². The van der Waals surface area contributed by atoms with E-state index in [0.717, 1.165) is 17.4 Å². The highest BCUT2D eigenvalue weighted by atomic mass is 35.5. The largest absolute Gasteiger partial charge is 0.497 e. The van der Waals surface area contributed by atoms with E-state index in [1.807, 2.05) is 68.4 Å². The Morgan fingerprint density at radius 2 is 1.63 bits per heavy atom. The van der Waals surface area contributed by atoms with Crippen LogP contribution in [0, 0.1) is 0 Å². The van der Waals surface area contributed by atoms with Crippen LogP contribution in [0.1, 0.15) is 37.8 Å². The summed E-state index contributed by atoms with van der Waals surface area (Å²) in [6, 6.07) is 22.6. The first-order valence-corrected chi connectivity index (χ1v) is 15.7. The van der Waals surface area contributed by atoms with Crippen LogP contribution in [0.4, 0.5) is 5.69 Å². The van der Waals surface area contributed by atoms with Gasteiger partial charge < -0.3 is 15.0 Å². The van der Waals surface area contributed by atoms with Crippen LogP contribution in [0.3, 0.4) is 0 Å². The molecule has 0 spiro atoms.